The molecule has 0 aliphatic heterocycles. The normalized spacial score (nSPS) is 39.8. The van der Waals surface area contributed by atoms with E-state index in [1.54, 1.807) is 0 Å². The van der Waals surface area contributed by atoms with Crippen LogP contribution in [-0.2, 0) is 19.0 Å². The molecule has 2 bridgehead atoms. The molecule has 0 aromatic carbocycles. The van der Waals surface area contributed by atoms with E-state index in [9.17, 15) is 4.79 Å². The molecule has 0 radical (unpaired) electrons. The average Bonchev–Trinajstić information content (AvgIpc) is 2.60. The molecule has 2 aliphatic rings. The van der Waals surface area contributed by atoms with Gasteiger partial charge in [-0.05, 0) is 0 Å². The van der Waals surface area contributed by atoms with Gasteiger partial charge in [-0.3, -0.25) is 4.79 Å². The van der Waals surface area contributed by atoms with Crippen molar-refractivity contribution in [2.75, 3.05) is 14.2 Å². The van der Waals surface area contributed by atoms with Gasteiger partial charge in [0.1, 0.15) is 11.0 Å². The Morgan fingerprint density at radius 3 is 2.11 bits per heavy atom. The van der Waals surface area contributed by atoms with Gasteiger partial charge in [0, 0.05) is 27.6 Å². The number of rotatable bonds is 3. The van der Waals surface area contributed by atoms with Crippen molar-refractivity contribution in [2.45, 2.75) is 35.0 Å². The van der Waals surface area contributed by atoms with E-state index in [1.807, 2.05) is 0 Å². The maximum Gasteiger partial charge on any atom is 0.302 e. The van der Waals surface area contributed by atoms with Crippen LogP contribution in [0.5, 0.6) is 0 Å². The highest BCUT2D eigenvalue weighted by Crippen LogP contribution is 2.70. The molecule has 0 N–H and O–H groups in total. The van der Waals surface area contributed by atoms with Crippen molar-refractivity contribution in [3.05, 3.63) is 10.1 Å². The maximum atomic E-state index is 11.2. The van der Waals surface area contributed by atoms with Crippen molar-refractivity contribution in [2.24, 2.45) is 0 Å². The summed E-state index contributed by atoms with van der Waals surface area (Å²) in [6.45, 7) is 1.27. The molecule has 0 aromatic rings. The van der Waals surface area contributed by atoms with Crippen molar-refractivity contribution in [3.63, 3.8) is 0 Å². The van der Waals surface area contributed by atoms with E-state index < -0.39 is 27.6 Å². The molecule has 2 unspecified atom stereocenters. The van der Waals surface area contributed by atoms with Gasteiger partial charge in [0.2, 0.25) is 5.79 Å². The van der Waals surface area contributed by atoms with Crippen LogP contribution >= 0.6 is 46.4 Å². The maximum absolute atomic E-state index is 11.2. The highest BCUT2D eigenvalue weighted by molar-refractivity contribution is 6.52. The molecule has 0 aromatic heterocycles. The first-order chi connectivity index (χ1) is 8.71. The Hall–Kier alpha value is 0.290. The molecule has 1 fully saturated rings. The fraction of sp³-hybridized carbons (Fsp3) is 0.727. The van der Waals surface area contributed by atoms with Crippen molar-refractivity contribution >= 4 is 52.4 Å². The first-order valence-electron chi connectivity index (χ1n) is 5.43. The quantitative estimate of drug-likeness (QED) is 0.446. The second-order valence-corrected chi connectivity index (χ2v) is 6.47. The fourth-order valence-corrected chi connectivity index (χ4v) is 4.88. The molecule has 0 amide bonds. The molecule has 2 aliphatic carbocycles. The van der Waals surface area contributed by atoms with Crippen LogP contribution < -0.4 is 0 Å². The third kappa shape index (κ3) is 1.59. The minimum absolute atomic E-state index is 0.0760. The smallest absolute Gasteiger partial charge is 0.302 e. The van der Waals surface area contributed by atoms with Gasteiger partial charge in [0.15, 0.2) is 4.87 Å². The van der Waals surface area contributed by atoms with Crippen LogP contribution in [0.25, 0.3) is 0 Å². The third-order valence-corrected chi connectivity index (χ3v) is 6.22. The summed E-state index contributed by atoms with van der Waals surface area (Å²) in [6.07, 6.45) is -0.645. The van der Waals surface area contributed by atoms with Crippen LogP contribution in [0.4, 0.5) is 0 Å². The van der Waals surface area contributed by atoms with Crippen molar-refractivity contribution in [3.8, 4) is 0 Å². The topological polar surface area (TPSA) is 44.8 Å². The highest BCUT2D eigenvalue weighted by atomic mass is 35.5. The lowest BCUT2D eigenvalue weighted by Crippen LogP contribution is -2.58. The Morgan fingerprint density at radius 1 is 1.21 bits per heavy atom. The minimum atomic E-state index is -1.50. The minimum Gasteiger partial charge on any atom is -0.460 e. The Kier molecular flexibility index (Phi) is 3.84. The molecule has 0 saturated heterocycles. The molecule has 108 valence electrons. The molecule has 2 rings (SSSR count). The van der Waals surface area contributed by atoms with Crippen molar-refractivity contribution in [1.82, 2.24) is 0 Å². The van der Waals surface area contributed by atoms with Gasteiger partial charge in [-0.1, -0.05) is 23.2 Å². The zero-order valence-electron chi connectivity index (χ0n) is 10.4. The second-order valence-electron chi connectivity index (χ2n) is 4.47. The summed E-state index contributed by atoms with van der Waals surface area (Å²) in [5.74, 6) is -2.00. The van der Waals surface area contributed by atoms with Crippen molar-refractivity contribution < 1.29 is 19.0 Å². The van der Waals surface area contributed by atoms with E-state index >= 15 is 0 Å². The number of esters is 1. The number of carbonyl (C=O) groups is 1. The summed E-state index contributed by atoms with van der Waals surface area (Å²) in [7, 11) is 2.77. The molecule has 19 heavy (non-hydrogen) atoms. The summed E-state index contributed by atoms with van der Waals surface area (Å²) in [6, 6.07) is 0. The lowest BCUT2D eigenvalue weighted by atomic mass is 10.0. The predicted octanol–water partition coefficient (Wildman–Crippen LogP) is 2.97. The molecule has 1 saturated carbocycles. The van der Waals surface area contributed by atoms with Gasteiger partial charge in [0.25, 0.3) is 0 Å². The summed E-state index contributed by atoms with van der Waals surface area (Å²) in [5, 5.41) is 0.227. The number of alkyl halides is 2. The second kappa shape index (κ2) is 4.65. The molecular weight excluding hydrogens is 338 g/mol. The summed E-state index contributed by atoms with van der Waals surface area (Å²) in [5.41, 5.74) is 0. The molecule has 0 heterocycles. The lowest BCUT2D eigenvalue weighted by molar-refractivity contribution is -0.222. The summed E-state index contributed by atoms with van der Waals surface area (Å²) >= 11 is 25.5. The van der Waals surface area contributed by atoms with Crippen LogP contribution in [0, 0.1) is 0 Å². The molecule has 8 heteroatoms. The summed E-state index contributed by atoms with van der Waals surface area (Å²) in [4.78, 5) is 8.44. The van der Waals surface area contributed by atoms with Crippen LogP contribution in [-0.4, -0.2) is 41.8 Å². The van der Waals surface area contributed by atoms with E-state index in [1.165, 1.54) is 21.1 Å². The number of halogens is 4. The van der Waals surface area contributed by atoms with E-state index in [0.29, 0.717) is 0 Å². The van der Waals surface area contributed by atoms with Gasteiger partial charge in [-0.2, -0.15) is 0 Å². The van der Waals surface area contributed by atoms with Crippen LogP contribution in [0.1, 0.15) is 13.3 Å². The van der Waals surface area contributed by atoms with E-state index in [4.69, 9.17) is 60.6 Å². The van der Waals surface area contributed by atoms with Crippen molar-refractivity contribution in [1.29, 1.82) is 0 Å². The van der Waals surface area contributed by atoms with Gasteiger partial charge >= 0.3 is 5.97 Å². The largest absolute Gasteiger partial charge is 0.460 e. The number of ether oxygens (including phenoxy) is 3. The monoisotopic (exact) mass is 348 g/mol. The van der Waals surface area contributed by atoms with Gasteiger partial charge in [0.05, 0.1) is 10.1 Å². The predicted molar refractivity (Wildman–Crippen MR) is 72.8 cm³/mol. The van der Waals surface area contributed by atoms with Crippen LogP contribution in [0.15, 0.2) is 10.1 Å². The molecule has 0 spiro atoms. The van der Waals surface area contributed by atoms with E-state index in [2.05, 4.69) is 0 Å². The number of carbonyl (C=O) groups excluding carboxylic acids is 1. The Balaban J connectivity index is 2.61. The Labute approximate surface area is 130 Å². The Bertz CT molecular complexity index is 462. The SMILES string of the molecule is COC1(OC)C2(Cl)C[C@H](OC(C)=O)C1(Cl)C(Cl)=C2Cl. The number of hydrogen-bond donors (Lipinski definition) is 0. The molecule has 4 nitrogen and oxygen atoms in total. The highest BCUT2D eigenvalue weighted by Gasteiger charge is 2.82. The number of hydrogen-bond acceptors (Lipinski definition) is 4. The van der Waals surface area contributed by atoms with Gasteiger partial charge in [-0.25, -0.2) is 0 Å². The lowest BCUT2D eigenvalue weighted by Gasteiger charge is -2.40. The number of methoxy groups -OCH3 is 2. The molecular formula is C11H12Cl4O4. The zero-order valence-corrected chi connectivity index (χ0v) is 13.5. The first-order valence-corrected chi connectivity index (χ1v) is 6.94. The van der Waals surface area contributed by atoms with Gasteiger partial charge in [-0.15, -0.1) is 23.2 Å². The standard InChI is InChI=1S/C11H12Cl4O4/c1-5(16)19-6-4-9(14)7(12)8(13)10(6,15)11(9,17-2)18-3/h6H,4H2,1-3H3/t6-,9?,10?/m0/s1. The molecule has 3 atom stereocenters. The first kappa shape index (κ1) is 15.7. The Morgan fingerprint density at radius 2 is 1.74 bits per heavy atom. The van der Waals surface area contributed by atoms with Crippen LogP contribution in [0.3, 0.4) is 0 Å². The fourth-order valence-electron chi connectivity index (χ4n) is 2.91. The van der Waals surface area contributed by atoms with Gasteiger partial charge < -0.3 is 14.2 Å². The zero-order chi connectivity index (χ0) is 14.6. The van der Waals surface area contributed by atoms with Crippen LogP contribution in [0.2, 0.25) is 0 Å². The number of fused-ring (bicyclic) bond motifs is 2. The van der Waals surface area contributed by atoms with E-state index in [-0.39, 0.29) is 16.5 Å². The third-order valence-electron chi connectivity index (χ3n) is 3.65. The summed E-state index contributed by atoms with van der Waals surface area (Å²) < 4.78 is 16.0. The average molecular weight is 350 g/mol. The van der Waals surface area contributed by atoms with E-state index in [0.717, 1.165) is 0 Å².